The van der Waals surface area contributed by atoms with Crippen LogP contribution in [0.15, 0.2) is 77.5 Å². The largest absolute Gasteiger partial charge is 0.493 e. The highest BCUT2D eigenvalue weighted by Gasteiger charge is 2.14. The Morgan fingerprint density at radius 1 is 1.07 bits per heavy atom. The van der Waals surface area contributed by atoms with Gasteiger partial charge in [0.25, 0.3) is 5.91 Å². The van der Waals surface area contributed by atoms with Crippen molar-refractivity contribution in [2.45, 2.75) is 13.2 Å². The van der Waals surface area contributed by atoms with Crippen molar-refractivity contribution in [1.82, 2.24) is 14.8 Å². The van der Waals surface area contributed by atoms with Gasteiger partial charge < -0.3 is 19.2 Å². The van der Waals surface area contributed by atoms with Gasteiger partial charge in [-0.3, -0.25) is 14.5 Å². The summed E-state index contributed by atoms with van der Waals surface area (Å²) in [7, 11) is 1.58. The molecule has 0 aliphatic carbocycles. The lowest BCUT2D eigenvalue weighted by molar-refractivity contribution is 0.0992. The van der Waals surface area contributed by atoms with E-state index in [2.05, 4.69) is 15.4 Å². The average Bonchev–Trinajstić information content (AvgIpc) is 3.43. The number of amides is 1. The standard InChI is InChI=1S/C22H20N4O4/c1-28-18-7-2-3-8-19(18)29-15-17-9-10-20(30-17)22(27)24-21-11-13-26(25-21)14-16-6-4-5-12-23-16/h2-13H,14-15H2,1H3,(H,24,25,27). The molecule has 1 amide bonds. The molecule has 4 aromatic rings. The predicted octanol–water partition coefficient (Wildman–Crippen LogP) is 3.76. The van der Waals surface area contributed by atoms with Crippen molar-refractivity contribution < 1.29 is 18.7 Å². The van der Waals surface area contributed by atoms with Crippen LogP contribution in [0.5, 0.6) is 11.5 Å². The van der Waals surface area contributed by atoms with E-state index in [0.717, 1.165) is 5.69 Å². The van der Waals surface area contributed by atoms with Crippen molar-refractivity contribution in [1.29, 1.82) is 0 Å². The van der Waals surface area contributed by atoms with E-state index in [-0.39, 0.29) is 18.3 Å². The van der Waals surface area contributed by atoms with E-state index in [1.807, 2.05) is 36.4 Å². The van der Waals surface area contributed by atoms with Crippen molar-refractivity contribution in [3.8, 4) is 11.5 Å². The van der Waals surface area contributed by atoms with Crippen molar-refractivity contribution in [2.75, 3.05) is 12.4 Å². The van der Waals surface area contributed by atoms with Gasteiger partial charge in [0, 0.05) is 18.5 Å². The van der Waals surface area contributed by atoms with Gasteiger partial charge in [0.15, 0.2) is 23.1 Å². The van der Waals surface area contributed by atoms with E-state index in [4.69, 9.17) is 13.9 Å². The number of rotatable bonds is 8. The molecule has 8 heteroatoms. The van der Waals surface area contributed by atoms with Crippen LogP contribution in [-0.2, 0) is 13.2 Å². The third-order valence-corrected chi connectivity index (χ3v) is 4.26. The zero-order valence-corrected chi connectivity index (χ0v) is 16.3. The maximum atomic E-state index is 12.4. The lowest BCUT2D eigenvalue weighted by Crippen LogP contribution is -2.12. The van der Waals surface area contributed by atoms with Gasteiger partial charge in [0.2, 0.25) is 0 Å². The van der Waals surface area contributed by atoms with Gasteiger partial charge in [-0.25, -0.2) is 0 Å². The molecule has 0 aliphatic rings. The van der Waals surface area contributed by atoms with Crippen LogP contribution in [0, 0.1) is 0 Å². The van der Waals surface area contributed by atoms with Crippen LogP contribution in [0.4, 0.5) is 5.82 Å². The lowest BCUT2D eigenvalue weighted by atomic mass is 10.3. The number of anilines is 1. The summed E-state index contributed by atoms with van der Waals surface area (Å²) < 4.78 is 18.3. The average molecular weight is 404 g/mol. The highest BCUT2D eigenvalue weighted by atomic mass is 16.5. The Labute approximate surface area is 173 Å². The van der Waals surface area contributed by atoms with Gasteiger partial charge in [-0.1, -0.05) is 18.2 Å². The number of carbonyl (C=O) groups is 1. The molecule has 1 N–H and O–H groups in total. The number of para-hydroxylation sites is 2. The smallest absolute Gasteiger partial charge is 0.292 e. The highest BCUT2D eigenvalue weighted by Crippen LogP contribution is 2.26. The number of furan rings is 1. The molecule has 0 radical (unpaired) electrons. The van der Waals surface area contributed by atoms with Crippen LogP contribution in [0.3, 0.4) is 0 Å². The Bertz CT molecular complexity index is 1120. The quantitative estimate of drug-likeness (QED) is 0.481. The number of nitrogens with zero attached hydrogens (tertiary/aromatic N) is 3. The van der Waals surface area contributed by atoms with Gasteiger partial charge in [0.1, 0.15) is 12.4 Å². The van der Waals surface area contributed by atoms with E-state index in [0.29, 0.717) is 29.6 Å². The molecule has 0 saturated heterocycles. The van der Waals surface area contributed by atoms with Crippen LogP contribution < -0.4 is 14.8 Å². The van der Waals surface area contributed by atoms with E-state index < -0.39 is 0 Å². The van der Waals surface area contributed by atoms with Crippen molar-refractivity contribution in [3.63, 3.8) is 0 Å². The number of pyridine rings is 1. The molecule has 8 nitrogen and oxygen atoms in total. The minimum Gasteiger partial charge on any atom is -0.493 e. The molecule has 1 aromatic carbocycles. The zero-order valence-electron chi connectivity index (χ0n) is 16.3. The molecule has 152 valence electrons. The summed E-state index contributed by atoms with van der Waals surface area (Å²) in [5.74, 6) is 1.96. The maximum absolute atomic E-state index is 12.4. The Kier molecular flexibility index (Phi) is 5.75. The van der Waals surface area contributed by atoms with Crippen LogP contribution in [0.1, 0.15) is 22.0 Å². The van der Waals surface area contributed by atoms with Crippen LogP contribution in [0.2, 0.25) is 0 Å². The lowest BCUT2D eigenvalue weighted by Gasteiger charge is -2.08. The fraction of sp³-hybridized carbons (Fsp3) is 0.136. The van der Waals surface area contributed by atoms with Gasteiger partial charge in [-0.2, -0.15) is 5.10 Å². The normalized spacial score (nSPS) is 10.6. The number of nitrogens with one attached hydrogen (secondary N) is 1. The number of hydrogen-bond donors (Lipinski definition) is 1. The zero-order chi connectivity index (χ0) is 20.8. The van der Waals surface area contributed by atoms with Crippen LogP contribution >= 0.6 is 0 Å². The Morgan fingerprint density at radius 2 is 1.90 bits per heavy atom. The molecule has 0 bridgehead atoms. The molecule has 3 aromatic heterocycles. The monoisotopic (exact) mass is 404 g/mol. The summed E-state index contributed by atoms with van der Waals surface area (Å²) in [4.78, 5) is 16.7. The second kappa shape index (κ2) is 8.95. The topological polar surface area (TPSA) is 91.4 Å². The first-order valence-electron chi connectivity index (χ1n) is 9.30. The molecule has 30 heavy (non-hydrogen) atoms. The Morgan fingerprint density at radius 3 is 2.70 bits per heavy atom. The summed E-state index contributed by atoms with van der Waals surface area (Å²) >= 11 is 0. The van der Waals surface area contributed by atoms with Gasteiger partial charge in [0.05, 0.1) is 19.3 Å². The molecule has 0 saturated carbocycles. The highest BCUT2D eigenvalue weighted by molar-refractivity contribution is 6.01. The Balaban J connectivity index is 1.34. The number of ether oxygens (including phenoxy) is 2. The minimum atomic E-state index is -0.387. The first-order chi connectivity index (χ1) is 14.7. The number of benzene rings is 1. The van der Waals surface area contributed by atoms with E-state index >= 15 is 0 Å². The first kappa shape index (κ1) is 19.3. The second-order valence-electron chi connectivity index (χ2n) is 6.38. The SMILES string of the molecule is COc1ccccc1OCc1ccc(C(=O)Nc2ccn(Cc3ccccn3)n2)o1. The number of aromatic nitrogens is 3. The second-order valence-corrected chi connectivity index (χ2v) is 6.38. The summed E-state index contributed by atoms with van der Waals surface area (Å²) in [6.07, 6.45) is 3.51. The van der Waals surface area contributed by atoms with Crippen molar-refractivity contribution >= 4 is 11.7 Å². The molecule has 0 spiro atoms. The number of carbonyl (C=O) groups excluding carboxylic acids is 1. The summed E-state index contributed by atoms with van der Waals surface area (Å²) in [5, 5.41) is 7.06. The summed E-state index contributed by atoms with van der Waals surface area (Å²) in [5.41, 5.74) is 0.879. The number of hydrogen-bond acceptors (Lipinski definition) is 6. The maximum Gasteiger partial charge on any atom is 0.292 e. The molecule has 0 atom stereocenters. The third kappa shape index (κ3) is 4.67. The van der Waals surface area contributed by atoms with E-state index in [1.54, 1.807) is 48.5 Å². The summed E-state index contributed by atoms with van der Waals surface area (Å²) in [6, 6.07) is 18.0. The molecular formula is C22H20N4O4. The molecular weight excluding hydrogens is 384 g/mol. The minimum absolute atomic E-state index is 0.173. The Hall–Kier alpha value is -4.07. The predicted molar refractivity (Wildman–Crippen MR) is 110 cm³/mol. The molecule has 3 heterocycles. The van der Waals surface area contributed by atoms with Crippen molar-refractivity contribution in [3.05, 3.63) is 90.3 Å². The number of methoxy groups -OCH3 is 1. The molecule has 0 unspecified atom stereocenters. The fourth-order valence-corrected chi connectivity index (χ4v) is 2.82. The van der Waals surface area contributed by atoms with Crippen LogP contribution in [0.25, 0.3) is 0 Å². The van der Waals surface area contributed by atoms with Crippen LogP contribution in [-0.4, -0.2) is 27.8 Å². The van der Waals surface area contributed by atoms with E-state index in [1.165, 1.54) is 0 Å². The third-order valence-electron chi connectivity index (χ3n) is 4.26. The molecule has 4 rings (SSSR count). The summed E-state index contributed by atoms with van der Waals surface area (Å²) in [6.45, 7) is 0.689. The van der Waals surface area contributed by atoms with Gasteiger partial charge >= 0.3 is 0 Å². The molecule has 0 fully saturated rings. The van der Waals surface area contributed by atoms with Crippen molar-refractivity contribution in [2.24, 2.45) is 0 Å². The first-order valence-corrected chi connectivity index (χ1v) is 9.30. The van der Waals surface area contributed by atoms with Gasteiger partial charge in [-0.05, 0) is 36.4 Å². The van der Waals surface area contributed by atoms with Gasteiger partial charge in [-0.15, -0.1) is 0 Å². The fourth-order valence-electron chi connectivity index (χ4n) is 2.82. The molecule has 0 aliphatic heterocycles. The van der Waals surface area contributed by atoms with E-state index in [9.17, 15) is 4.79 Å².